The van der Waals surface area contributed by atoms with E-state index in [0.717, 1.165) is 0 Å². The maximum absolute atomic E-state index is 12.7. The zero-order valence-corrected chi connectivity index (χ0v) is 7.26. The van der Waals surface area contributed by atoms with Crippen molar-refractivity contribution in [3.05, 3.63) is 29.6 Å². The summed E-state index contributed by atoms with van der Waals surface area (Å²) in [6.45, 7) is -0.736. The van der Waals surface area contributed by atoms with Crippen LogP contribution < -0.4 is 10.5 Å². The summed E-state index contributed by atoms with van der Waals surface area (Å²) in [5, 5.41) is 0. The molecule has 0 aliphatic heterocycles. The van der Waals surface area contributed by atoms with Crippen LogP contribution >= 0.6 is 0 Å². The van der Waals surface area contributed by atoms with Gasteiger partial charge in [0.25, 0.3) is 0 Å². The average Bonchev–Trinajstić information content (AvgIpc) is 2.16. The fourth-order valence-electron chi connectivity index (χ4n) is 1.08. The summed E-state index contributed by atoms with van der Waals surface area (Å²) in [5.74, 6) is -0.0359. The lowest BCUT2D eigenvalue weighted by Crippen LogP contribution is -2.13. The van der Waals surface area contributed by atoms with Crippen LogP contribution in [-0.4, -0.2) is 13.8 Å². The fraction of sp³-hybridized carbons (Fsp3) is 0.333. The topological polar surface area (TPSA) is 35.2 Å². The van der Waals surface area contributed by atoms with Gasteiger partial charge in [0, 0.05) is 5.56 Å². The molecule has 1 aromatic carbocycles. The molecule has 0 aromatic heterocycles. The second-order valence-corrected chi connectivity index (χ2v) is 2.65. The largest absolute Gasteiger partial charge is 0.496 e. The Kier molecular flexibility index (Phi) is 3.19. The Morgan fingerprint density at radius 3 is 2.77 bits per heavy atom. The Bertz CT molecular complexity index is 291. The fourth-order valence-corrected chi connectivity index (χ4v) is 1.08. The lowest BCUT2D eigenvalue weighted by atomic mass is 10.1. The minimum absolute atomic E-state index is 0.352. The lowest BCUT2D eigenvalue weighted by molar-refractivity contribution is 0.387. The number of benzene rings is 1. The first kappa shape index (κ1) is 9.92. The first-order valence-corrected chi connectivity index (χ1v) is 3.84. The van der Waals surface area contributed by atoms with Gasteiger partial charge in [0.15, 0.2) is 0 Å². The van der Waals surface area contributed by atoms with E-state index in [1.54, 1.807) is 0 Å². The predicted molar refractivity (Wildman–Crippen MR) is 45.9 cm³/mol. The minimum atomic E-state index is -0.828. The molecule has 2 N–H and O–H groups in total. The number of rotatable bonds is 3. The molecule has 13 heavy (non-hydrogen) atoms. The SMILES string of the molecule is COc1ccc(F)cc1C(N)CF. The van der Waals surface area contributed by atoms with Crippen molar-refractivity contribution in [2.75, 3.05) is 13.8 Å². The van der Waals surface area contributed by atoms with Gasteiger partial charge in [-0.15, -0.1) is 0 Å². The van der Waals surface area contributed by atoms with E-state index in [2.05, 4.69) is 0 Å². The standard InChI is InChI=1S/C9H11F2NO/c1-13-9-3-2-6(11)4-7(9)8(12)5-10/h2-4,8H,5,12H2,1H3. The van der Waals surface area contributed by atoms with Gasteiger partial charge in [-0.2, -0.15) is 0 Å². The smallest absolute Gasteiger partial charge is 0.123 e. The molecule has 0 aliphatic rings. The van der Waals surface area contributed by atoms with Crippen LogP contribution in [0.15, 0.2) is 18.2 Å². The van der Waals surface area contributed by atoms with Gasteiger partial charge >= 0.3 is 0 Å². The van der Waals surface area contributed by atoms with Crippen LogP contribution in [0.25, 0.3) is 0 Å². The van der Waals surface area contributed by atoms with E-state index >= 15 is 0 Å². The normalized spacial score (nSPS) is 12.6. The van der Waals surface area contributed by atoms with Crippen molar-refractivity contribution in [2.24, 2.45) is 5.73 Å². The molecule has 1 unspecified atom stereocenters. The Labute approximate surface area is 75.3 Å². The van der Waals surface area contributed by atoms with Crippen LogP contribution in [-0.2, 0) is 0 Å². The van der Waals surface area contributed by atoms with Crippen LogP contribution in [0.3, 0.4) is 0 Å². The number of halogens is 2. The van der Waals surface area contributed by atoms with E-state index in [9.17, 15) is 8.78 Å². The summed E-state index contributed by atoms with van der Waals surface area (Å²) in [6, 6.07) is 3.03. The molecule has 1 aromatic rings. The summed E-state index contributed by atoms with van der Waals surface area (Å²) in [7, 11) is 1.43. The van der Waals surface area contributed by atoms with Crippen LogP contribution in [0.2, 0.25) is 0 Å². The number of alkyl halides is 1. The maximum Gasteiger partial charge on any atom is 0.123 e. The monoisotopic (exact) mass is 187 g/mol. The minimum Gasteiger partial charge on any atom is -0.496 e. The molecule has 0 spiro atoms. The molecule has 0 saturated carbocycles. The molecule has 0 fully saturated rings. The predicted octanol–water partition coefficient (Wildman–Crippen LogP) is 1.80. The van der Waals surface area contributed by atoms with E-state index < -0.39 is 18.5 Å². The molecule has 4 heteroatoms. The van der Waals surface area contributed by atoms with Crippen LogP contribution in [0, 0.1) is 5.82 Å². The van der Waals surface area contributed by atoms with E-state index in [0.29, 0.717) is 11.3 Å². The van der Waals surface area contributed by atoms with Crippen molar-refractivity contribution in [2.45, 2.75) is 6.04 Å². The van der Waals surface area contributed by atoms with Crippen molar-refractivity contribution >= 4 is 0 Å². The number of ether oxygens (including phenoxy) is 1. The molecule has 0 radical (unpaired) electrons. The molecule has 0 heterocycles. The number of hydrogen-bond donors (Lipinski definition) is 1. The highest BCUT2D eigenvalue weighted by Gasteiger charge is 2.12. The van der Waals surface area contributed by atoms with Crippen LogP contribution in [0.5, 0.6) is 5.75 Å². The summed E-state index contributed by atoms with van der Waals surface area (Å²) >= 11 is 0. The van der Waals surface area contributed by atoms with Crippen molar-refractivity contribution < 1.29 is 13.5 Å². The molecular weight excluding hydrogens is 176 g/mol. The maximum atomic E-state index is 12.7. The lowest BCUT2D eigenvalue weighted by Gasteiger charge is -2.12. The van der Waals surface area contributed by atoms with Crippen molar-refractivity contribution in [1.29, 1.82) is 0 Å². The van der Waals surface area contributed by atoms with Crippen molar-refractivity contribution in [3.8, 4) is 5.75 Å². The average molecular weight is 187 g/mol. The highest BCUT2D eigenvalue weighted by atomic mass is 19.1. The third-order valence-corrected chi connectivity index (χ3v) is 1.76. The van der Waals surface area contributed by atoms with E-state index in [-0.39, 0.29) is 0 Å². The molecule has 1 rings (SSSR count). The number of methoxy groups -OCH3 is 1. The molecule has 0 bridgehead atoms. The Balaban J connectivity index is 3.07. The zero-order valence-electron chi connectivity index (χ0n) is 7.26. The molecule has 2 nitrogen and oxygen atoms in total. The Morgan fingerprint density at radius 1 is 1.54 bits per heavy atom. The van der Waals surface area contributed by atoms with E-state index in [4.69, 9.17) is 10.5 Å². The quantitative estimate of drug-likeness (QED) is 0.783. The zero-order chi connectivity index (χ0) is 9.84. The van der Waals surface area contributed by atoms with Crippen LogP contribution in [0.4, 0.5) is 8.78 Å². The van der Waals surface area contributed by atoms with E-state index in [1.807, 2.05) is 0 Å². The molecule has 1 atom stereocenters. The highest BCUT2D eigenvalue weighted by Crippen LogP contribution is 2.24. The molecule has 72 valence electrons. The summed E-state index contributed by atoms with van der Waals surface area (Å²) in [6.07, 6.45) is 0. The third kappa shape index (κ3) is 2.15. The van der Waals surface area contributed by atoms with Crippen molar-refractivity contribution in [1.82, 2.24) is 0 Å². The molecule has 0 aliphatic carbocycles. The van der Waals surface area contributed by atoms with Gasteiger partial charge in [0.05, 0.1) is 13.2 Å². The summed E-state index contributed by atoms with van der Waals surface area (Å²) in [4.78, 5) is 0. The first-order chi connectivity index (χ1) is 6.19. The van der Waals surface area contributed by atoms with Crippen molar-refractivity contribution in [3.63, 3.8) is 0 Å². The second-order valence-electron chi connectivity index (χ2n) is 2.65. The Morgan fingerprint density at radius 2 is 2.23 bits per heavy atom. The van der Waals surface area contributed by atoms with Gasteiger partial charge < -0.3 is 10.5 Å². The highest BCUT2D eigenvalue weighted by molar-refractivity contribution is 5.36. The number of nitrogens with two attached hydrogens (primary N) is 1. The van der Waals surface area contributed by atoms with Gasteiger partial charge in [-0.25, -0.2) is 8.78 Å². The summed E-state index contributed by atoms with van der Waals surface area (Å²) in [5.41, 5.74) is 5.77. The Hall–Kier alpha value is -1.16. The van der Waals surface area contributed by atoms with Crippen LogP contribution in [0.1, 0.15) is 11.6 Å². The van der Waals surface area contributed by atoms with E-state index in [1.165, 1.54) is 25.3 Å². The van der Waals surface area contributed by atoms with Gasteiger partial charge in [0.1, 0.15) is 18.2 Å². The number of hydrogen-bond acceptors (Lipinski definition) is 2. The van der Waals surface area contributed by atoms with Gasteiger partial charge in [-0.1, -0.05) is 0 Å². The van der Waals surface area contributed by atoms with Gasteiger partial charge in [-0.3, -0.25) is 0 Å². The molecule has 0 saturated heterocycles. The molecule has 0 amide bonds. The second kappa shape index (κ2) is 4.18. The molecular formula is C9H11F2NO. The third-order valence-electron chi connectivity index (χ3n) is 1.76. The first-order valence-electron chi connectivity index (χ1n) is 3.84. The summed E-state index contributed by atoms with van der Waals surface area (Å²) < 4.78 is 29.9. The van der Waals surface area contributed by atoms with Gasteiger partial charge in [-0.05, 0) is 18.2 Å². The van der Waals surface area contributed by atoms with Gasteiger partial charge in [0.2, 0.25) is 0 Å².